The third kappa shape index (κ3) is 5.11. The van der Waals surface area contributed by atoms with Gasteiger partial charge in [0.25, 0.3) is 0 Å². The second-order valence-electron chi connectivity index (χ2n) is 6.91. The molecule has 0 aliphatic heterocycles. The largest absolute Gasteiger partial charge is 0.394 e. The molecule has 0 spiro atoms. The fraction of sp³-hybridized carbons (Fsp3) is 0.632. The molecule has 1 saturated carbocycles. The maximum Gasteiger partial charge on any atom is 0.155 e. The van der Waals surface area contributed by atoms with E-state index in [0.717, 1.165) is 17.7 Å². The number of aromatic nitrogens is 1. The Morgan fingerprint density at radius 2 is 2.14 bits per heavy atom. The lowest BCUT2D eigenvalue weighted by Crippen LogP contribution is -2.34. The Kier molecular flexibility index (Phi) is 8.85. The number of ether oxygens (including phenoxy) is 1. The first-order valence-electron chi connectivity index (χ1n) is 9.33. The molecule has 5 atom stereocenters. The smallest absolute Gasteiger partial charge is 0.155 e. The summed E-state index contributed by atoms with van der Waals surface area (Å²) in [6, 6.07) is 1.85. The molecule has 1 heterocycles. The Hall–Kier alpha value is -1.03. The second-order valence-corrected chi connectivity index (χ2v) is 8.38. The van der Waals surface area contributed by atoms with Gasteiger partial charge in [0.2, 0.25) is 0 Å². The average Bonchev–Trinajstić information content (AvgIpc) is 2.89. The Morgan fingerprint density at radius 3 is 2.75 bits per heavy atom. The van der Waals surface area contributed by atoms with Gasteiger partial charge in [-0.3, -0.25) is 5.41 Å². The molecule has 1 aromatic rings. The van der Waals surface area contributed by atoms with Gasteiger partial charge in [-0.05, 0) is 42.7 Å². The number of aliphatic hydroxyl groups excluding tert-OH is 3. The molecule has 5 N–H and O–H groups in total. The Bertz CT molecular complexity index is 752. The Balaban J connectivity index is 2.44. The number of nitrogens with zero attached hydrogens (tertiary/aromatic N) is 1. The predicted octanol–water partition coefficient (Wildman–Crippen LogP) is 1.88. The molecule has 1 aliphatic rings. The van der Waals surface area contributed by atoms with Crippen LogP contribution in [-0.2, 0) is 4.74 Å². The minimum absolute atomic E-state index is 0.0254. The van der Waals surface area contributed by atoms with Crippen LogP contribution in [0.15, 0.2) is 11.1 Å². The molecule has 7 nitrogen and oxygen atoms in total. The number of thioether (sulfide) groups is 1. The van der Waals surface area contributed by atoms with Crippen LogP contribution < -0.4 is 5.36 Å². The fourth-order valence-corrected chi connectivity index (χ4v) is 4.71. The van der Waals surface area contributed by atoms with Crippen LogP contribution in [0.2, 0.25) is 5.15 Å². The van der Waals surface area contributed by atoms with Gasteiger partial charge in [-0.25, -0.2) is 4.98 Å². The minimum atomic E-state index is -1.12. The normalized spacial score (nSPS) is 25.6. The Labute approximate surface area is 174 Å². The van der Waals surface area contributed by atoms with Crippen molar-refractivity contribution in [3.8, 4) is 0 Å². The van der Waals surface area contributed by atoms with Crippen molar-refractivity contribution in [2.24, 2.45) is 5.92 Å². The molecule has 156 valence electrons. The zero-order valence-corrected chi connectivity index (χ0v) is 17.6. The average molecular weight is 430 g/mol. The summed E-state index contributed by atoms with van der Waals surface area (Å²) >= 11 is 7.83. The maximum absolute atomic E-state index is 10.6. The van der Waals surface area contributed by atoms with E-state index in [1.807, 2.05) is 13.0 Å². The van der Waals surface area contributed by atoms with E-state index >= 15 is 0 Å². The molecule has 1 aromatic heterocycles. The summed E-state index contributed by atoms with van der Waals surface area (Å²) in [5, 5.41) is 47.1. The van der Waals surface area contributed by atoms with Crippen molar-refractivity contribution in [2.45, 2.75) is 55.9 Å². The van der Waals surface area contributed by atoms with E-state index in [2.05, 4.69) is 11.9 Å². The SMILES string of the molecule is CCCSc1cc(C)c(C(C=N)C2CC(OCCO)C(O)C2O)c(=N)c(Cl)n1. The Morgan fingerprint density at radius 1 is 1.43 bits per heavy atom. The van der Waals surface area contributed by atoms with Gasteiger partial charge in [0.15, 0.2) is 5.15 Å². The molecule has 0 aromatic carbocycles. The van der Waals surface area contributed by atoms with Crippen molar-refractivity contribution in [1.82, 2.24) is 4.98 Å². The second kappa shape index (κ2) is 10.7. The lowest BCUT2D eigenvalue weighted by atomic mass is 9.83. The van der Waals surface area contributed by atoms with Gasteiger partial charge in [0.1, 0.15) is 6.10 Å². The molecular weight excluding hydrogens is 402 g/mol. The van der Waals surface area contributed by atoms with Crippen LogP contribution in [0.25, 0.3) is 0 Å². The number of halogens is 1. The van der Waals surface area contributed by atoms with E-state index in [-0.39, 0.29) is 23.7 Å². The zero-order valence-electron chi connectivity index (χ0n) is 16.1. The fourth-order valence-electron chi connectivity index (χ4n) is 3.64. The van der Waals surface area contributed by atoms with Crippen molar-refractivity contribution < 1.29 is 20.1 Å². The molecule has 1 fully saturated rings. The predicted molar refractivity (Wildman–Crippen MR) is 109 cm³/mol. The summed E-state index contributed by atoms with van der Waals surface area (Å²) in [7, 11) is 0. The van der Waals surface area contributed by atoms with E-state index in [1.165, 1.54) is 6.21 Å². The number of nitrogens with one attached hydrogen (secondary N) is 2. The summed E-state index contributed by atoms with van der Waals surface area (Å²) in [6.45, 7) is 3.80. The number of aryl methyl sites for hydroxylation is 1. The number of hydrogen-bond donors (Lipinski definition) is 5. The first-order chi connectivity index (χ1) is 13.3. The van der Waals surface area contributed by atoms with E-state index in [9.17, 15) is 10.2 Å². The lowest BCUT2D eigenvalue weighted by Gasteiger charge is -2.24. The van der Waals surface area contributed by atoms with Gasteiger partial charge in [-0.15, -0.1) is 11.8 Å². The molecule has 1 aliphatic carbocycles. The lowest BCUT2D eigenvalue weighted by molar-refractivity contribution is -0.0633. The van der Waals surface area contributed by atoms with Crippen molar-refractivity contribution in [1.29, 1.82) is 10.8 Å². The number of hydrogen-bond acceptors (Lipinski definition) is 8. The van der Waals surface area contributed by atoms with Gasteiger partial charge in [0, 0.05) is 18.1 Å². The molecule has 28 heavy (non-hydrogen) atoms. The molecule has 5 unspecified atom stereocenters. The summed E-state index contributed by atoms with van der Waals surface area (Å²) in [5.74, 6) is -0.249. The molecule has 0 bridgehead atoms. The van der Waals surface area contributed by atoms with Crippen molar-refractivity contribution in [2.75, 3.05) is 19.0 Å². The highest BCUT2D eigenvalue weighted by Gasteiger charge is 2.46. The quantitative estimate of drug-likeness (QED) is 0.301. The van der Waals surface area contributed by atoms with Gasteiger partial charge in [-0.2, -0.15) is 0 Å². The monoisotopic (exact) mass is 429 g/mol. The third-order valence-electron chi connectivity index (χ3n) is 4.97. The standard InChI is InChI=1S/C19H28ClN3O4S/c1-3-6-28-14-7-10(2)15(16(22)19(20)23-14)12(9-21)11-8-13(27-5-4-24)18(26)17(11)25/h7,9,11-13,17-18,21-22,24-26H,3-6,8H2,1-2H3. The van der Waals surface area contributed by atoms with E-state index in [0.29, 0.717) is 17.0 Å². The van der Waals surface area contributed by atoms with Crippen LogP contribution >= 0.6 is 23.4 Å². The summed E-state index contributed by atoms with van der Waals surface area (Å²) in [6.07, 6.45) is -0.388. The summed E-state index contributed by atoms with van der Waals surface area (Å²) in [5.41, 5.74) is 1.29. The first kappa shape index (κ1) is 23.3. The van der Waals surface area contributed by atoms with Crippen LogP contribution in [0, 0.1) is 23.7 Å². The van der Waals surface area contributed by atoms with E-state index in [4.69, 9.17) is 32.3 Å². The number of aliphatic hydroxyl groups is 3. The molecule has 0 radical (unpaired) electrons. The van der Waals surface area contributed by atoms with Crippen LogP contribution in [0.4, 0.5) is 0 Å². The van der Waals surface area contributed by atoms with Gasteiger partial charge >= 0.3 is 0 Å². The summed E-state index contributed by atoms with van der Waals surface area (Å²) in [4.78, 5) is 4.33. The van der Waals surface area contributed by atoms with Gasteiger partial charge in [0.05, 0.1) is 35.8 Å². The van der Waals surface area contributed by atoms with Gasteiger partial charge < -0.3 is 25.5 Å². The topological polar surface area (TPSA) is 131 Å². The van der Waals surface area contributed by atoms with Crippen LogP contribution in [0.5, 0.6) is 0 Å². The molecule has 9 heteroatoms. The van der Waals surface area contributed by atoms with Crippen LogP contribution in [0.1, 0.15) is 36.8 Å². The first-order valence-corrected chi connectivity index (χ1v) is 10.7. The van der Waals surface area contributed by atoms with E-state index in [1.54, 1.807) is 11.8 Å². The highest BCUT2D eigenvalue weighted by atomic mass is 35.5. The van der Waals surface area contributed by atoms with Crippen LogP contribution in [-0.4, -0.2) is 63.8 Å². The molecule has 0 amide bonds. The van der Waals surface area contributed by atoms with E-state index < -0.39 is 30.1 Å². The third-order valence-corrected chi connectivity index (χ3v) is 6.36. The zero-order chi connectivity index (χ0) is 20.8. The molecule has 2 rings (SSSR count). The molecule has 0 saturated heterocycles. The highest BCUT2D eigenvalue weighted by molar-refractivity contribution is 7.99. The number of rotatable bonds is 9. The van der Waals surface area contributed by atoms with Crippen LogP contribution in [0.3, 0.4) is 0 Å². The maximum atomic E-state index is 10.6. The van der Waals surface area contributed by atoms with Crippen molar-refractivity contribution in [3.63, 3.8) is 0 Å². The van der Waals surface area contributed by atoms with Gasteiger partial charge in [-0.1, -0.05) is 18.5 Å². The molecular formula is C19H28ClN3O4S. The highest BCUT2D eigenvalue weighted by Crippen LogP contribution is 2.38. The van der Waals surface area contributed by atoms with Crippen molar-refractivity contribution >= 4 is 29.6 Å². The summed E-state index contributed by atoms with van der Waals surface area (Å²) < 4.78 is 5.44. The van der Waals surface area contributed by atoms with Crippen molar-refractivity contribution in [3.05, 3.63) is 27.7 Å². The minimum Gasteiger partial charge on any atom is -0.394 e.